The number of aliphatic hydroxyl groups is 2. The van der Waals surface area contributed by atoms with Crippen LogP contribution in [0.3, 0.4) is 0 Å². The monoisotopic (exact) mass is 384 g/mol. The van der Waals surface area contributed by atoms with Gasteiger partial charge in [0.25, 0.3) is 0 Å². The summed E-state index contributed by atoms with van der Waals surface area (Å²) in [6.45, 7) is 1.23. The van der Waals surface area contributed by atoms with Gasteiger partial charge in [0.15, 0.2) is 5.78 Å². The lowest BCUT2D eigenvalue weighted by Crippen LogP contribution is -2.59. The van der Waals surface area contributed by atoms with Gasteiger partial charge in [0.2, 0.25) is 0 Å². The van der Waals surface area contributed by atoms with Crippen LogP contribution in [-0.2, 0) is 23.1 Å². The molecular weight excluding hydrogens is 356 g/mol. The molecule has 0 aliphatic heterocycles. The first-order valence-electron chi connectivity index (χ1n) is 10.4. The minimum Gasteiger partial charge on any atom is -0.388 e. The largest absolute Gasteiger partial charge is 0.388 e. The highest BCUT2D eigenvalue weighted by Gasteiger charge is 2.66. The molecule has 3 saturated carbocycles. The van der Waals surface area contributed by atoms with E-state index >= 15 is 0 Å². The Hall–Kier alpha value is -1.79. The van der Waals surface area contributed by atoms with E-state index in [0.29, 0.717) is 6.42 Å². The van der Waals surface area contributed by atoms with Gasteiger partial charge in [0.05, 0.1) is 11.9 Å². The van der Waals surface area contributed by atoms with E-state index in [1.54, 1.807) is 0 Å². The number of fused-ring (bicyclic) bond motifs is 6. The molecule has 3 fully saturated rings. The Kier molecular flexibility index (Phi) is 3.82. The van der Waals surface area contributed by atoms with E-state index in [9.17, 15) is 19.8 Å². The Morgan fingerprint density at radius 3 is 2.93 bits per heavy atom. The summed E-state index contributed by atoms with van der Waals surface area (Å²) in [6.07, 6.45) is 8.21. The van der Waals surface area contributed by atoms with E-state index in [1.807, 2.05) is 24.9 Å². The number of hydrogen-bond donors (Lipinski definition) is 2. The van der Waals surface area contributed by atoms with Crippen molar-refractivity contribution in [1.82, 2.24) is 9.78 Å². The van der Waals surface area contributed by atoms with E-state index in [2.05, 4.69) is 11.2 Å². The Bertz CT molecular complexity index is 902. The number of carbonyl (C=O) groups is 2. The molecule has 6 nitrogen and oxygen atoms in total. The minimum absolute atomic E-state index is 0.0296. The number of hydrogen-bond acceptors (Lipinski definition) is 5. The molecule has 0 bridgehead atoms. The number of nitrogens with zero attached hydrogens (tertiary/aromatic N) is 2. The summed E-state index contributed by atoms with van der Waals surface area (Å²) in [5.41, 5.74) is 1.37. The fourth-order valence-corrected chi connectivity index (χ4v) is 7.14. The van der Waals surface area contributed by atoms with Crippen molar-refractivity contribution in [3.8, 4) is 0 Å². The summed E-state index contributed by atoms with van der Waals surface area (Å²) in [4.78, 5) is 25.8. The van der Waals surface area contributed by atoms with Crippen molar-refractivity contribution in [2.45, 2.75) is 51.0 Å². The summed E-state index contributed by atoms with van der Waals surface area (Å²) < 4.78 is 1.90. The van der Waals surface area contributed by atoms with E-state index < -0.39 is 23.4 Å². The SMILES string of the molecule is Cn1ncc2c1C=C1CC[C@@H]3[C@H](C(=O)C[C@@]4(C)[C@H]3CC[C@]4(O)C(=O)CO)C1C2. The van der Waals surface area contributed by atoms with E-state index in [0.717, 1.165) is 31.4 Å². The van der Waals surface area contributed by atoms with Crippen LogP contribution < -0.4 is 0 Å². The third-order valence-electron chi connectivity index (χ3n) is 8.58. The predicted octanol–water partition coefficient (Wildman–Crippen LogP) is 1.68. The van der Waals surface area contributed by atoms with E-state index in [1.165, 1.54) is 11.1 Å². The second-order valence-electron chi connectivity index (χ2n) is 9.58. The molecular formula is C22H28N2O4. The molecule has 5 rings (SSSR count). The van der Waals surface area contributed by atoms with Crippen molar-refractivity contribution in [2.75, 3.05) is 6.61 Å². The maximum absolute atomic E-state index is 13.4. The zero-order valence-corrected chi connectivity index (χ0v) is 16.5. The zero-order valence-electron chi connectivity index (χ0n) is 16.5. The molecule has 1 aromatic heterocycles. The third kappa shape index (κ3) is 2.13. The van der Waals surface area contributed by atoms with Gasteiger partial charge in [-0.05, 0) is 61.5 Å². The van der Waals surface area contributed by atoms with Crippen molar-refractivity contribution in [1.29, 1.82) is 0 Å². The van der Waals surface area contributed by atoms with Gasteiger partial charge in [-0.15, -0.1) is 0 Å². The summed E-state index contributed by atoms with van der Waals surface area (Å²) in [7, 11) is 1.95. The first-order valence-corrected chi connectivity index (χ1v) is 10.4. The summed E-state index contributed by atoms with van der Waals surface area (Å²) in [5, 5.41) is 25.0. The highest BCUT2D eigenvalue weighted by Crippen LogP contribution is 2.64. The molecule has 0 aromatic carbocycles. The van der Waals surface area contributed by atoms with Crippen LogP contribution in [0, 0.1) is 29.1 Å². The maximum Gasteiger partial charge on any atom is 0.190 e. The molecule has 0 amide bonds. The molecule has 0 saturated heterocycles. The molecule has 4 aliphatic carbocycles. The van der Waals surface area contributed by atoms with Gasteiger partial charge in [-0.25, -0.2) is 0 Å². The first kappa shape index (κ1) is 18.3. The van der Waals surface area contributed by atoms with Gasteiger partial charge in [0.1, 0.15) is 18.0 Å². The second-order valence-corrected chi connectivity index (χ2v) is 9.58. The lowest BCUT2D eigenvalue weighted by atomic mass is 9.50. The molecule has 0 spiro atoms. The van der Waals surface area contributed by atoms with Gasteiger partial charge < -0.3 is 10.2 Å². The molecule has 4 aliphatic rings. The number of carbonyl (C=O) groups excluding carboxylic acids is 2. The second kappa shape index (κ2) is 5.86. The average Bonchev–Trinajstić information content (AvgIpc) is 3.17. The maximum atomic E-state index is 13.4. The van der Waals surface area contributed by atoms with Crippen LogP contribution in [0.1, 0.15) is 50.3 Å². The number of Topliss-reactive ketones (excluding diaryl/α,β-unsaturated/α-hetero) is 2. The number of aliphatic hydroxyl groups excluding tert-OH is 1. The number of allylic oxidation sites excluding steroid dienone is 1. The fourth-order valence-electron chi connectivity index (χ4n) is 7.14. The molecule has 6 heteroatoms. The molecule has 150 valence electrons. The van der Waals surface area contributed by atoms with Gasteiger partial charge >= 0.3 is 0 Å². The summed E-state index contributed by atoms with van der Waals surface area (Å²) >= 11 is 0. The van der Waals surface area contributed by atoms with Crippen molar-refractivity contribution in [2.24, 2.45) is 36.1 Å². The normalized spacial score (nSPS) is 41.6. The summed E-state index contributed by atoms with van der Waals surface area (Å²) in [6, 6.07) is 0. The van der Waals surface area contributed by atoms with Crippen LogP contribution in [-0.4, -0.2) is 43.8 Å². The number of aromatic nitrogens is 2. The molecule has 1 heterocycles. The Labute approximate surface area is 164 Å². The molecule has 2 N–H and O–H groups in total. The van der Waals surface area contributed by atoms with Gasteiger partial charge in [-0.3, -0.25) is 14.3 Å². The zero-order chi connectivity index (χ0) is 19.8. The number of ketones is 2. The average molecular weight is 384 g/mol. The molecule has 6 atom stereocenters. The van der Waals surface area contributed by atoms with E-state index in [-0.39, 0.29) is 35.9 Å². The fraction of sp³-hybridized carbons (Fsp3) is 0.682. The van der Waals surface area contributed by atoms with Gasteiger partial charge in [-0.2, -0.15) is 5.10 Å². The Morgan fingerprint density at radius 1 is 1.39 bits per heavy atom. The van der Waals surface area contributed by atoms with Crippen LogP contribution in [0.2, 0.25) is 0 Å². The lowest BCUT2D eigenvalue weighted by molar-refractivity contribution is -0.167. The topological polar surface area (TPSA) is 92.4 Å². The smallest absolute Gasteiger partial charge is 0.190 e. The Balaban J connectivity index is 1.51. The van der Waals surface area contributed by atoms with Crippen LogP contribution >= 0.6 is 0 Å². The summed E-state index contributed by atoms with van der Waals surface area (Å²) in [5.74, 6) is 0.183. The Morgan fingerprint density at radius 2 is 2.18 bits per heavy atom. The number of aryl methyl sites for hydroxylation is 1. The van der Waals surface area contributed by atoms with Crippen LogP contribution in [0.4, 0.5) is 0 Å². The highest BCUT2D eigenvalue weighted by atomic mass is 16.3. The third-order valence-corrected chi connectivity index (χ3v) is 8.58. The standard InChI is InChI=1S/C22H28N2O4/c1-21-9-18(26)20-14(16(21)5-6-22(21,28)19(27)11-25)4-3-12-8-17-13(7-15(12)20)10-23-24(17)2/h8,10,14-16,20,25,28H,3-7,9,11H2,1-2H3/t14-,15?,16-,20-,21-,22-/m0/s1. The minimum atomic E-state index is -1.58. The van der Waals surface area contributed by atoms with Crippen LogP contribution in [0.25, 0.3) is 6.08 Å². The highest BCUT2D eigenvalue weighted by molar-refractivity contribution is 5.92. The van der Waals surface area contributed by atoms with Crippen molar-refractivity contribution in [3.63, 3.8) is 0 Å². The first-order chi connectivity index (χ1) is 13.3. The van der Waals surface area contributed by atoms with E-state index in [4.69, 9.17) is 0 Å². The predicted molar refractivity (Wildman–Crippen MR) is 102 cm³/mol. The molecule has 1 unspecified atom stereocenters. The van der Waals surface area contributed by atoms with Crippen molar-refractivity contribution >= 4 is 17.6 Å². The number of rotatable bonds is 2. The van der Waals surface area contributed by atoms with Crippen LogP contribution in [0.5, 0.6) is 0 Å². The lowest BCUT2D eigenvalue weighted by Gasteiger charge is -2.54. The van der Waals surface area contributed by atoms with Gasteiger partial charge in [0, 0.05) is 24.8 Å². The molecule has 28 heavy (non-hydrogen) atoms. The van der Waals surface area contributed by atoms with Gasteiger partial charge in [-0.1, -0.05) is 12.5 Å². The molecule has 0 radical (unpaired) electrons. The van der Waals surface area contributed by atoms with Crippen LogP contribution in [0.15, 0.2) is 11.8 Å². The van der Waals surface area contributed by atoms with Crippen molar-refractivity contribution < 1.29 is 19.8 Å². The van der Waals surface area contributed by atoms with Crippen molar-refractivity contribution in [3.05, 3.63) is 23.0 Å². The quantitative estimate of drug-likeness (QED) is 0.809. The molecule has 1 aromatic rings.